The lowest BCUT2D eigenvalue weighted by atomic mass is 10.2. The van der Waals surface area contributed by atoms with Crippen molar-refractivity contribution in [3.05, 3.63) is 60.2 Å². The fraction of sp³-hybridized carbons (Fsp3) is 0.350. The van der Waals surface area contributed by atoms with Crippen molar-refractivity contribution >= 4 is 18.3 Å². The summed E-state index contributed by atoms with van der Waals surface area (Å²) in [6, 6.07) is 17.7. The second-order valence-electron chi connectivity index (χ2n) is 6.23. The van der Waals surface area contributed by atoms with Gasteiger partial charge in [-0.05, 0) is 36.8 Å². The summed E-state index contributed by atoms with van der Waals surface area (Å²) in [5.41, 5.74) is 1.12. The Bertz CT molecular complexity index is 679. The molecule has 1 aliphatic rings. The van der Waals surface area contributed by atoms with Gasteiger partial charge < -0.3 is 19.7 Å². The summed E-state index contributed by atoms with van der Waals surface area (Å²) in [5.74, 6) is 1.47. The molecular weight excluding hydrogens is 352 g/mol. The summed E-state index contributed by atoms with van der Waals surface area (Å²) in [6.45, 7) is 4.97. The Kier molecular flexibility index (Phi) is 7.75. The van der Waals surface area contributed by atoms with Crippen molar-refractivity contribution < 1.29 is 14.3 Å². The van der Waals surface area contributed by atoms with E-state index in [1.54, 1.807) is 0 Å². The average molecular weight is 377 g/mol. The maximum atomic E-state index is 12.2. The van der Waals surface area contributed by atoms with E-state index in [1.165, 1.54) is 0 Å². The molecule has 6 heteroatoms. The number of amides is 1. The number of halogens is 1. The molecule has 140 valence electrons. The number of ether oxygens (including phenoxy) is 2. The van der Waals surface area contributed by atoms with Crippen LogP contribution in [-0.4, -0.2) is 43.1 Å². The Balaban J connectivity index is 0.00000243. The molecule has 3 rings (SSSR count). The van der Waals surface area contributed by atoms with Gasteiger partial charge in [0.05, 0.1) is 0 Å². The molecule has 0 spiro atoms. The highest BCUT2D eigenvalue weighted by atomic mass is 35.5. The zero-order valence-corrected chi connectivity index (χ0v) is 15.7. The number of hydrogen-bond acceptors (Lipinski definition) is 4. The minimum atomic E-state index is 0. The van der Waals surface area contributed by atoms with E-state index in [4.69, 9.17) is 9.47 Å². The van der Waals surface area contributed by atoms with E-state index in [2.05, 4.69) is 12.2 Å². The highest BCUT2D eigenvalue weighted by Gasteiger charge is 2.20. The molecule has 1 amide bonds. The van der Waals surface area contributed by atoms with E-state index in [-0.39, 0.29) is 24.9 Å². The van der Waals surface area contributed by atoms with Crippen LogP contribution >= 0.6 is 12.4 Å². The molecule has 0 bridgehead atoms. The van der Waals surface area contributed by atoms with Gasteiger partial charge in [0.2, 0.25) is 0 Å². The fourth-order valence-corrected chi connectivity index (χ4v) is 2.77. The first kappa shape index (κ1) is 20.1. The molecule has 1 atom stereocenters. The summed E-state index contributed by atoms with van der Waals surface area (Å²) in [4.78, 5) is 14.0. The van der Waals surface area contributed by atoms with Crippen LogP contribution in [0.5, 0.6) is 11.5 Å². The number of carbonyl (C=O) groups excluding carboxylic acids is 1. The van der Waals surface area contributed by atoms with Crippen molar-refractivity contribution in [1.82, 2.24) is 10.2 Å². The van der Waals surface area contributed by atoms with Gasteiger partial charge in [0.15, 0.2) is 6.61 Å². The lowest BCUT2D eigenvalue weighted by Gasteiger charge is -2.31. The zero-order chi connectivity index (χ0) is 17.5. The molecule has 1 unspecified atom stereocenters. The van der Waals surface area contributed by atoms with Crippen molar-refractivity contribution in [3.8, 4) is 11.5 Å². The molecule has 26 heavy (non-hydrogen) atoms. The molecular formula is C20H25ClN2O3. The van der Waals surface area contributed by atoms with Crippen molar-refractivity contribution in [2.24, 2.45) is 0 Å². The average Bonchev–Trinajstić information content (AvgIpc) is 2.66. The van der Waals surface area contributed by atoms with E-state index in [0.29, 0.717) is 18.4 Å². The number of hydrogen-bond donors (Lipinski definition) is 1. The zero-order valence-electron chi connectivity index (χ0n) is 14.9. The molecule has 0 aromatic heterocycles. The van der Waals surface area contributed by atoms with Crippen LogP contribution in [0.25, 0.3) is 0 Å². The molecule has 5 nitrogen and oxygen atoms in total. The number of nitrogens with one attached hydrogen (secondary N) is 1. The van der Waals surface area contributed by atoms with E-state index >= 15 is 0 Å². The van der Waals surface area contributed by atoms with Crippen LogP contribution in [0.2, 0.25) is 0 Å². The van der Waals surface area contributed by atoms with Crippen molar-refractivity contribution in [2.75, 3.05) is 26.2 Å². The molecule has 0 aliphatic carbocycles. The quantitative estimate of drug-likeness (QED) is 0.842. The summed E-state index contributed by atoms with van der Waals surface area (Å²) < 4.78 is 11.3. The highest BCUT2D eigenvalue weighted by Crippen LogP contribution is 2.19. The predicted octanol–water partition coefficient (Wildman–Crippen LogP) is 2.89. The number of carbonyl (C=O) groups is 1. The number of rotatable bonds is 6. The SMILES string of the molecule is CC1CN(C(=O)COc2ccc(OCc3ccccc3)cc2)CCN1.Cl. The van der Waals surface area contributed by atoms with Gasteiger partial charge in [0, 0.05) is 25.7 Å². The van der Waals surface area contributed by atoms with Crippen molar-refractivity contribution in [1.29, 1.82) is 0 Å². The third kappa shape index (κ3) is 5.93. The second-order valence-corrected chi connectivity index (χ2v) is 6.23. The van der Waals surface area contributed by atoms with Crippen LogP contribution < -0.4 is 14.8 Å². The summed E-state index contributed by atoms with van der Waals surface area (Å²) in [5, 5.41) is 3.32. The van der Waals surface area contributed by atoms with Gasteiger partial charge in [-0.15, -0.1) is 12.4 Å². The minimum absolute atomic E-state index is 0. The van der Waals surface area contributed by atoms with Crippen LogP contribution in [0.3, 0.4) is 0 Å². The lowest BCUT2D eigenvalue weighted by Crippen LogP contribution is -2.52. The summed E-state index contributed by atoms with van der Waals surface area (Å²) in [6.07, 6.45) is 0. The van der Waals surface area contributed by atoms with Gasteiger partial charge in [-0.25, -0.2) is 0 Å². The van der Waals surface area contributed by atoms with Gasteiger partial charge in [-0.2, -0.15) is 0 Å². The van der Waals surface area contributed by atoms with Gasteiger partial charge in [-0.3, -0.25) is 4.79 Å². The van der Waals surface area contributed by atoms with Crippen LogP contribution in [0.15, 0.2) is 54.6 Å². The first-order valence-electron chi connectivity index (χ1n) is 8.61. The Morgan fingerprint density at radius 3 is 2.38 bits per heavy atom. The second kappa shape index (κ2) is 10.0. The summed E-state index contributed by atoms with van der Waals surface area (Å²) >= 11 is 0. The van der Waals surface area contributed by atoms with Crippen LogP contribution in [0.1, 0.15) is 12.5 Å². The molecule has 0 radical (unpaired) electrons. The van der Waals surface area contributed by atoms with E-state index in [1.807, 2.05) is 59.5 Å². The number of nitrogens with zero attached hydrogens (tertiary/aromatic N) is 1. The van der Waals surface area contributed by atoms with E-state index in [9.17, 15) is 4.79 Å². The minimum Gasteiger partial charge on any atom is -0.489 e. The lowest BCUT2D eigenvalue weighted by molar-refractivity contribution is -0.134. The highest BCUT2D eigenvalue weighted by molar-refractivity contribution is 5.85. The van der Waals surface area contributed by atoms with Gasteiger partial charge >= 0.3 is 0 Å². The van der Waals surface area contributed by atoms with Crippen molar-refractivity contribution in [2.45, 2.75) is 19.6 Å². The Morgan fingerprint density at radius 2 is 1.73 bits per heavy atom. The molecule has 1 saturated heterocycles. The van der Waals surface area contributed by atoms with Gasteiger partial charge in [0.25, 0.3) is 5.91 Å². The first-order valence-corrected chi connectivity index (χ1v) is 8.61. The smallest absolute Gasteiger partial charge is 0.260 e. The molecule has 1 aliphatic heterocycles. The molecule has 1 heterocycles. The summed E-state index contributed by atoms with van der Waals surface area (Å²) in [7, 11) is 0. The fourth-order valence-electron chi connectivity index (χ4n) is 2.77. The Labute approximate surface area is 160 Å². The predicted molar refractivity (Wildman–Crippen MR) is 104 cm³/mol. The van der Waals surface area contributed by atoms with Crippen LogP contribution in [-0.2, 0) is 11.4 Å². The van der Waals surface area contributed by atoms with Gasteiger partial charge in [-0.1, -0.05) is 30.3 Å². The van der Waals surface area contributed by atoms with Crippen LogP contribution in [0, 0.1) is 0 Å². The topological polar surface area (TPSA) is 50.8 Å². The largest absolute Gasteiger partial charge is 0.489 e. The molecule has 2 aromatic rings. The Morgan fingerprint density at radius 1 is 1.08 bits per heavy atom. The monoisotopic (exact) mass is 376 g/mol. The van der Waals surface area contributed by atoms with Gasteiger partial charge in [0.1, 0.15) is 18.1 Å². The van der Waals surface area contributed by atoms with Crippen LogP contribution in [0.4, 0.5) is 0 Å². The molecule has 1 fully saturated rings. The Hall–Kier alpha value is -2.24. The third-order valence-electron chi connectivity index (χ3n) is 4.16. The maximum Gasteiger partial charge on any atom is 0.260 e. The van der Waals surface area contributed by atoms with E-state index in [0.717, 1.165) is 30.9 Å². The molecule has 2 aromatic carbocycles. The number of benzene rings is 2. The first-order chi connectivity index (χ1) is 12.2. The standard InChI is InChI=1S/C20H24N2O3.ClH/c1-16-13-22(12-11-21-16)20(23)15-25-19-9-7-18(8-10-19)24-14-17-5-3-2-4-6-17;/h2-10,16,21H,11-15H2,1H3;1H. The van der Waals surface area contributed by atoms with E-state index < -0.39 is 0 Å². The normalized spacial score (nSPS) is 16.5. The van der Waals surface area contributed by atoms with Crippen molar-refractivity contribution in [3.63, 3.8) is 0 Å². The third-order valence-corrected chi connectivity index (χ3v) is 4.16. The number of piperazine rings is 1. The molecule has 0 saturated carbocycles. The molecule has 1 N–H and O–H groups in total. The maximum absolute atomic E-state index is 12.2.